The molecule has 0 radical (unpaired) electrons. The van der Waals surface area contributed by atoms with Crippen LogP contribution in [-0.2, 0) is 6.54 Å². The van der Waals surface area contributed by atoms with E-state index < -0.39 is 0 Å². The Kier molecular flexibility index (Phi) is 7.16. The van der Waals surface area contributed by atoms with Gasteiger partial charge in [0.1, 0.15) is 5.75 Å². The molecule has 0 bridgehead atoms. The van der Waals surface area contributed by atoms with Crippen LogP contribution in [0.25, 0.3) is 0 Å². The number of nitrogens with zero attached hydrogens (tertiary/aromatic N) is 1. The summed E-state index contributed by atoms with van der Waals surface area (Å²) in [7, 11) is 0. The van der Waals surface area contributed by atoms with Crippen LogP contribution in [0.3, 0.4) is 0 Å². The molecule has 0 atom stereocenters. The van der Waals surface area contributed by atoms with E-state index in [0.717, 1.165) is 57.7 Å². The van der Waals surface area contributed by atoms with Gasteiger partial charge in [-0.3, -0.25) is 0 Å². The Labute approximate surface area is 134 Å². The quantitative estimate of drug-likeness (QED) is 0.724. The average molecular weight is 306 g/mol. The Balaban J connectivity index is 1.56. The van der Waals surface area contributed by atoms with Gasteiger partial charge in [0.05, 0.1) is 12.2 Å². The predicted octanol–water partition coefficient (Wildman–Crippen LogP) is 2.41. The highest BCUT2D eigenvalue weighted by atomic mass is 16.5. The number of hydrogen-bond donors (Lipinski definition) is 2. The smallest absolute Gasteiger partial charge is 0.119 e. The summed E-state index contributed by atoms with van der Waals surface area (Å²) in [4.78, 5) is 2.45. The molecular weight excluding hydrogens is 276 g/mol. The molecule has 124 valence electrons. The van der Waals surface area contributed by atoms with Crippen LogP contribution in [0.2, 0.25) is 0 Å². The minimum absolute atomic E-state index is 0.0722. The van der Waals surface area contributed by atoms with Crippen LogP contribution < -0.4 is 10.1 Å². The number of aliphatic hydroxyl groups excluding tert-OH is 1. The molecule has 1 aliphatic heterocycles. The second-order valence-corrected chi connectivity index (χ2v) is 6.41. The van der Waals surface area contributed by atoms with Gasteiger partial charge in [-0.2, -0.15) is 0 Å². The summed E-state index contributed by atoms with van der Waals surface area (Å²) in [6.45, 7) is 9.22. The average Bonchev–Trinajstić information content (AvgIpc) is 2.50. The third kappa shape index (κ3) is 6.34. The zero-order valence-corrected chi connectivity index (χ0v) is 13.9. The molecule has 1 aliphatic rings. The maximum Gasteiger partial charge on any atom is 0.119 e. The second-order valence-electron chi connectivity index (χ2n) is 6.41. The molecule has 0 spiro atoms. The lowest BCUT2D eigenvalue weighted by atomic mass is 10.1. The first-order chi connectivity index (χ1) is 10.6. The van der Waals surface area contributed by atoms with E-state index in [2.05, 4.69) is 22.3 Å². The van der Waals surface area contributed by atoms with Crippen LogP contribution in [-0.4, -0.2) is 48.4 Å². The largest absolute Gasteiger partial charge is 0.491 e. The van der Waals surface area contributed by atoms with Crippen LogP contribution >= 0.6 is 0 Å². The molecule has 1 saturated heterocycles. The summed E-state index contributed by atoms with van der Waals surface area (Å²) >= 11 is 0. The van der Waals surface area contributed by atoms with Crippen molar-refractivity contribution in [1.29, 1.82) is 0 Å². The Hall–Kier alpha value is -1.10. The molecule has 0 aliphatic carbocycles. The van der Waals surface area contributed by atoms with Gasteiger partial charge in [0, 0.05) is 19.6 Å². The molecule has 2 rings (SSSR count). The minimum Gasteiger partial charge on any atom is -0.491 e. The fraction of sp³-hybridized carbons (Fsp3) is 0.667. The lowest BCUT2D eigenvalue weighted by molar-refractivity contribution is 0.0821. The molecule has 4 heteroatoms. The van der Waals surface area contributed by atoms with Gasteiger partial charge in [-0.25, -0.2) is 0 Å². The fourth-order valence-corrected chi connectivity index (χ4v) is 2.76. The van der Waals surface area contributed by atoms with Crippen molar-refractivity contribution >= 4 is 0 Å². The highest BCUT2D eigenvalue weighted by Gasteiger charge is 2.15. The number of ether oxygens (including phenoxy) is 1. The molecule has 0 unspecified atom stereocenters. The number of nitrogens with one attached hydrogen (secondary N) is 1. The minimum atomic E-state index is -0.0722. The van der Waals surface area contributed by atoms with Crippen LogP contribution in [0.15, 0.2) is 24.3 Å². The second kappa shape index (κ2) is 9.13. The van der Waals surface area contributed by atoms with E-state index >= 15 is 0 Å². The van der Waals surface area contributed by atoms with Gasteiger partial charge >= 0.3 is 0 Å². The molecular formula is C18H30N2O2. The summed E-state index contributed by atoms with van der Waals surface area (Å²) in [6, 6.07) is 8.32. The van der Waals surface area contributed by atoms with E-state index in [0.29, 0.717) is 0 Å². The number of hydrogen-bond acceptors (Lipinski definition) is 4. The zero-order valence-electron chi connectivity index (χ0n) is 13.9. The number of aliphatic hydroxyl groups is 1. The Morgan fingerprint density at radius 3 is 2.55 bits per heavy atom. The van der Waals surface area contributed by atoms with E-state index in [9.17, 15) is 5.11 Å². The topological polar surface area (TPSA) is 44.7 Å². The molecule has 1 aromatic rings. The summed E-state index contributed by atoms with van der Waals surface area (Å²) < 4.78 is 5.64. The molecule has 0 amide bonds. The van der Waals surface area contributed by atoms with Gasteiger partial charge < -0.3 is 20.1 Å². The fourth-order valence-electron chi connectivity index (χ4n) is 2.76. The van der Waals surface area contributed by atoms with Crippen molar-refractivity contribution in [3.05, 3.63) is 29.8 Å². The maximum atomic E-state index is 9.48. The van der Waals surface area contributed by atoms with Crippen molar-refractivity contribution in [3.8, 4) is 5.75 Å². The third-order valence-corrected chi connectivity index (χ3v) is 4.01. The Bertz CT molecular complexity index is 412. The van der Waals surface area contributed by atoms with Gasteiger partial charge in [-0.05, 0) is 63.9 Å². The lowest BCUT2D eigenvalue weighted by Gasteiger charge is -2.29. The van der Waals surface area contributed by atoms with Gasteiger partial charge in [0.2, 0.25) is 0 Å². The standard InChI is InChI=1S/C18H30N2O2/c1-15(2)22-18-6-4-16(5-7-18)14-19-10-3-11-20-12-8-17(21)9-13-20/h4-7,15,17,19,21H,3,8-14H2,1-2H3. The number of piperidine rings is 1. The zero-order chi connectivity index (χ0) is 15.8. The summed E-state index contributed by atoms with van der Waals surface area (Å²) in [6.07, 6.45) is 3.16. The number of likely N-dealkylation sites (tertiary alicyclic amines) is 1. The molecule has 0 aromatic heterocycles. The van der Waals surface area contributed by atoms with Crippen molar-refractivity contribution < 1.29 is 9.84 Å². The highest BCUT2D eigenvalue weighted by molar-refractivity contribution is 5.27. The lowest BCUT2D eigenvalue weighted by Crippen LogP contribution is -2.37. The first kappa shape index (κ1) is 17.3. The Morgan fingerprint density at radius 1 is 1.23 bits per heavy atom. The van der Waals surface area contributed by atoms with E-state index in [4.69, 9.17) is 4.74 Å². The first-order valence-electron chi connectivity index (χ1n) is 8.50. The Morgan fingerprint density at radius 2 is 1.91 bits per heavy atom. The van der Waals surface area contributed by atoms with Crippen molar-refractivity contribution in [3.63, 3.8) is 0 Å². The predicted molar refractivity (Wildman–Crippen MR) is 90.2 cm³/mol. The number of rotatable bonds is 8. The normalized spacial score (nSPS) is 17.1. The van der Waals surface area contributed by atoms with Crippen LogP contribution in [0.4, 0.5) is 0 Å². The molecule has 4 nitrogen and oxygen atoms in total. The molecule has 1 heterocycles. The maximum absolute atomic E-state index is 9.48. The van der Waals surface area contributed by atoms with Crippen molar-refractivity contribution in [2.75, 3.05) is 26.2 Å². The summed E-state index contributed by atoms with van der Waals surface area (Å²) in [5.41, 5.74) is 1.29. The summed E-state index contributed by atoms with van der Waals surface area (Å²) in [5, 5.41) is 13.0. The first-order valence-corrected chi connectivity index (χ1v) is 8.50. The molecule has 1 aromatic carbocycles. The number of benzene rings is 1. The molecule has 1 fully saturated rings. The highest BCUT2D eigenvalue weighted by Crippen LogP contribution is 2.13. The molecule has 0 saturated carbocycles. The SMILES string of the molecule is CC(C)Oc1ccc(CNCCCN2CCC(O)CC2)cc1. The van der Waals surface area contributed by atoms with E-state index in [1.54, 1.807) is 0 Å². The van der Waals surface area contributed by atoms with Crippen molar-refractivity contribution in [2.45, 2.75) is 51.9 Å². The molecule has 22 heavy (non-hydrogen) atoms. The van der Waals surface area contributed by atoms with E-state index in [1.165, 1.54) is 5.56 Å². The van der Waals surface area contributed by atoms with Gasteiger partial charge in [0.15, 0.2) is 0 Å². The van der Waals surface area contributed by atoms with Crippen molar-refractivity contribution in [1.82, 2.24) is 10.2 Å². The summed E-state index contributed by atoms with van der Waals surface area (Å²) in [5.74, 6) is 0.936. The van der Waals surface area contributed by atoms with Crippen LogP contribution in [0.1, 0.15) is 38.7 Å². The van der Waals surface area contributed by atoms with Gasteiger partial charge in [-0.15, -0.1) is 0 Å². The van der Waals surface area contributed by atoms with E-state index in [-0.39, 0.29) is 12.2 Å². The van der Waals surface area contributed by atoms with Crippen molar-refractivity contribution in [2.24, 2.45) is 0 Å². The van der Waals surface area contributed by atoms with Crippen LogP contribution in [0, 0.1) is 0 Å². The van der Waals surface area contributed by atoms with Crippen LogP contribution in [0.5, 0.6) is 5.75 Å². The van der Waals surface area contributed by atoms with Gasteiger partial charge in [0.25, 0.3) is 0 Å². The van der Waals surface area contributed by atoms with E-state index in [1.807, 2.05) is 26.0 Å². The monoisotopic (exact) mass is 306 g/mol. The third-order valence-electron chi connectivity index (χ3n) is 4.01. The molecule has 2 N–H and O–H groups in total. The van der Waals surface area contributed by atoms with Gasteiger partial charge in [-0.1, -0.05) is 12.1 Å².